The average molecular weight is 205 g/mol. The summed E-state index contributed by atoms with van der Waals surface area (Å²) in [6, 6.07) is 7.99. The fourth-order valence-corrected chi connectivity index (χ4v) is 1.25. The maximum Gasteiger partial charge on any atom is 0.0912 e. The highest BCUT2D eigenvalue weighted by Gasteiger charge is 1.92. The van der Waals surface area contributed by atoms with Gasteiger partial charge in [-0.25, -0.2) is 4.99 Å². The topological polar surface area (TPSA) is 41.6 Å². The molecule has 0 atom stereocenters. The molecule has 0 saturated heterocycles. The predicted molar refractivity (Wildman–Crippen MR) is 65.4 cm³/mol. The quantitative estimate of drug-likeness (QED) is 0.591. The van der Waals surface area contributed by atoms with Gasteiger partial charge >= 0.3 is 0 Å². The van der Waals surface area contributed by atoms with E-state index in [0.717, 1.165) is 24.3 Å². The van der Waals surface area contributed by atoms with Crippen LogP contribution in [0.4, 0.5) is 5.69 Å². The number of benzene rings is 1. The van der Waals surface area contributed by atoms with Gasteiger partial charge in [0.25, 0.3) is 0 Å². The molecule has 1 rings (SSSR count). The maximum absolute atomic E-state index is 5.52. The van der Waals surface area contributed by atoms with Crippen molar-refractivity contribution in [2.75, 3.05) is 13.1 Å². The van der Waals surface area contributed by atoms with Gasteiger partial charge in [0.05, 0.1) is 12.0 Å². The van der Waals surface area contributed by atoms with Crippen LogP contribution in [0.5, 0.6) is 0 Å². The molecule has 1 aromatic carbocycles. The van der Waals surface area contributed by atoms with Gasteiger partial charge in [-0.1, -0.05) is 12.1 Å². The molecule has 0 spiro atoms. The lowest BCUT2D eigenvalue weighted by molar-refractivity contribution is 0.480. The molecule has 0 aliphatic carbocycles. The van der Waals surface area contributed by atoms with Crippen molar-refractivity contribution in [1.82, 2.24) is 4.90 Å². The monoisotopic (exact) mass is 205 g/mol. The molecule has 0 heterocycles. The molecule has 1 aromatic rings. The van der Waals surface area contributed by atoms with Crippen molar-refractivity contribution in [3.63, 3.8) is 0 Å². The van der Waals surface area contributed by atoms with E-state index in [2.05, 4.69) is 23.7 Å². The zero-order chi connectivity index (χ0) is 11.1. The number of rotatable bonds is 5. The Balaban J connectivity index is 2.63. The van der Waals surface area contributed by atoms with E-state index < -0.39 is 0 Å². The Kier molecular flexibility index (Phi) is 4.84. The molecule has 3 heteroatoms. The third kappa shape index (κ3) is 3.72. The van der Waals surface area contributed by atoms with Crippen LogP contribution in [0.1, 0.15) is 19.4 Å². The van der Waals surface area contributed by atoms with E-state index in [0.29, 0.717) is 6.54 Å². The lowest BCUT2D eigenvalue weighted by Gasteiger charge is -2.13. The first-order valence-electron chi connectivity index (χ1n) is 5.37. The van der Waals surface area contributed by atoms with E-state index in [1.54, 1.807) is 0 Å². The summed E-state index contributed by atoms with van der Waals surface area (Å²) in [7, 11) is 0. The van der Waals surface area contributed by atoms with Crippen LogP contribution in [-0.4, -0.2) is 24.3 Å². The Morgan fingerprint density at radius 2 is 1.80 bits per heavy atom. The van der Waals surface area contributed by atoms with E-state index in [1.807, 2.05) is 30.6 Å². The first-order chi connectivity index (χ1) is 7.30. The van der Waals surface area contributed by atoms with E-state index in [4.69, 9.17) is 5.73 Å². The van der Waals surface area contributed by atoms with E-state index >= 15 is 0 Å². The molecule has 3 nitrogen and oxygen atoms in total. The second kappa shape index (κ2) is 6.19. The number of nitrogens with zero attached hydrogens (tertiary/aromatic N) is 2. The second-order valence-corrected chi connectivity index (χ2v) is 3.34. The third-order valence-electron chi connectivity index (χ3n) is 2.35. The van der Waals surface area contributed by atoms with Crippen molar-refractivity contribution in [3.05, 3.63) is 29.8 Å². The van der Waals surface area contributed by atoms with Crippen molar-refractivity contribution < 1.29 is 0 Å². The number of aliphatic imine (C=N–C) groups is 1. The van der Waals surface area contributed by atoms with Gasteiger partial charge in [0, 0.05) is 19.6 Å². The summed E-state index contributed by atoms with van der Waals surface area (Å²) in [5, 5.41) is 0. The summed E-state index contributed by atoms with van der Waals surface area (Å²) >= 11 is 0. The number of hydrogen-bond acceptors (Lipinski definition) is 2. The van der Waals surface area contributed by atoms with E-state index in [1.165, 1.54) is 0 Å². The minimum atomic E-state index is 0.583. The molecule has 0 unspecified atom stereocenters. The van der Waals surface area contributed by atoms with E-state index in [-0.39, 0.29) is 0 Å². The van der Waals surface area contributed by atoms with Gasteiger partial charge in [0.1, 0.15) is 0 Å². The van der Waals surface area contributed by atoms with Gasteiger partial charge in [-0.2, -0.15) is 0 Å². The lowest BCUT2D eigenvalue weighted by atomic mass is 10.2. The minimum Gasteiger partial charge on any atom is -0.363 e. The fourth-order valence-electron chi connectivity index (χ4n) is 1.25. The Labute approximate surface area is 91.6 Å². The van der Waals surface area contributed by atoms with E-state index in [9.17, 15) is 0 Å². The van der Waals surface area contributed by atoms with Crippen LogP contribution < -0.4 is 5.73 Å². The molecule has 15 heavy (non-hydrogen) atoms. The van der Waals surface area contributed by atoms with Gasteiger partial charge in [-0.15, -0.1) is 0 Å². The molecule has 0 radical (unpaired) electrons. The molecule has 0 fully saturated rings. The predicted octanol–water partition coefficient (Wildman–Crippen LogP) is 2.15. The SMILES string of the molecule is CCN(C=Nc1ccc(CN)cc1)CC. The molecule has 0 aromatic heterocycles. The van der Waals surface area contributed by atoms with Gasteiger partial charge in [0.15, 0.2) is 0 Å². The van der Waals surface area contributed by atoms with Crippen molar-refractivity contribution in [3.8, 4) is 0 Å². The normalized spacial score (nSPS) is 10.9. The molecule has 82 valence electrons. The smallest absolute Gasteiger partial charge is 0.0912 e. The van der Waals surface area contributed by atoms with Crippen LogP contribution >= 0.6 is 0 Å². The minimum absolute atomic E-state index is 0.583. The van der Waals surface area contributed by atoms with Gasteiger partial charge in [-0.3, -0.25) is 0 Å². The van der Waals surface area contributed by atoms with Crippen LogP contribution in [0.3, 0.4) is 0 Å². The molecular formula is C12H19N3. The third-order valence-corrected chi connectivity index (χ3v) is 2.35. The largest absolute Gasteiger partial charge is 0.363 e. The average Bonchev–Trinajstić information content (AvgIpc) is 2.31. The molecule has 2 N–H and O–H groups in total. The Hall–Kier alpha value is -1.35. The van der Waals surface area contributed by atoms with Gasteiger partial charge < -0.3 is 10.6 Å². The first kappa shape index (κ1) is 11.7. The van der Waals surface area contributed by atoms with Gasteiger partial charge in [0.2, 0.25) is 0 Å². The standard InChI is InChI=1S/C12H19N3/c1-3-15(4-2)10-14-12-7-5-11(9-13)6-8-12/h5-8,10H,3-4,9,13H2,1-2H3. The highest BCUT2D eigenvalue weighted by Crippen LogP contribution is 2.12. The zero-order valence-corrected chi connectivity index (χ0v) is 9.48. The van der Waals surface area contributed by atoms with Crippen molar-refractivity contribution in [2.24, 2.45) is 10.7 Å². The van der Waals surface area contributed by atoms with Crippen molar-refractivity contribution >= 4 is 12.0 Å². The summed E-state index contributed by atoms with van der Waals surface area (Å²) in [5.74, 6) is 0. The Morgan fingerprint density at radius 1 is 1.20 bits per heavy atom. The van der Waals surface area contributed by atoms with Crippen LogP contribution in [-0.2, 0) is 6.54 Å². The summed E-state index contributed by atoms with van der Waals surface area (Å²) in [4.78, 5) is 6.53. The molecule has 0 amide bonds. The molecule has 0 aliphatic heterocycles. The molecule has 0 saturated carbocycles. The first-order valence-corrected chi connectivity index (χ1v) is 5.37. The summed E-state index contributed by atoms with van der Waals surface area (Å²) in [6.07, 6.45) is 1.89. The van der Waals surface area contributed by atoms with Crippen molar-refractivity contribution in [1.29, 1.82) is 0 Å². The summed E-state index contributed by atoms with van der Waals surface area (Å²) < 4.78 is 0. The fraction of sp³-hybridized carbons (Fsp3) is 0.417. The lowest BCUT2D eigenvalue weighted by Crippen LogP contribution is -2.20. The second-order valence-electron chi connectivity index (χ2n) is 3.34. The summed E-state index contributed by atoms with van der Waals surface area (Å²) in [6.45, 7) is 6.79. The highest BCUT2D eigenvalue weighted by molar-refractivity contribution is 5.61. The Bertz CT molecular complexity index is 299. The number of hydrogen-bond donors (Lipinski definition) is 1. The molecule has 0 bridgehead atoms. The number of nitrogens with two attached hydrogens (primary N) is 1. The van der Waals surface area contributed by atoms with Gasteiger partial charge in [-0.05, 0) is 31.5 Å². The molecular weight excluding hydrogens is 186 g/mol. The maximum atomic E-state index is 5.52. The van der Waals surface area contributed by atoms with Crippen LogP contribution in [0.2, 0.25) is 0 Å². The van der Waals surface area contributed by atoms with Crippen LogP contribution in [0.15, 0.2) is 29.3 Å². The van der Waals surface area contributed by atoms with Crippen LogP contribution in [0, 0.1) is 0 Å². The van der Waals surface area contributed by atoms with Crippen molar-refractivity contribution in [2.45, 2.75) is 20.4 Å². The summed E-state index contributed by atoms with van der Waals surface area (Å²) in [5.41, 5.74) is 7.63. The highest BCUT2D eigenvalue weighted by atomic mass is 15.1. The van der Waals surface area contributed by atoms with Crippen LogP contribution in [0.25, 0.3) is 0 Å². The Morgan fingerprint density at radius 3 is 2.27 bits per heavy atom. The zero-order valence-electron chi connectivity index (χ0n) is 9.48. The molecule has 0 aliphatic rings.